The van der Waals surface area contributed by atoms with Crippen LogP contribution in [0.1, 0.15) is 163 Å². The Morgan fingerprint density at radius 2 is 0.868 bits per heavy atom. The summed E-state index contributed by atoms with van der Waals surface area (Å²) in [6.45, 7) is 17.2. The second kappa shape index (κ2) is 40.6. The summed E-state index contributed by atoms with van der Waals surface area (Å²) in [6, 6.07) is 47.5. The van der Waals surface area contributed by atoms with Gasteiger partial charge in [-0.2, -0.15) is 5.26 Å². The molecule has 10 aromatic rings. The summed E-state index contributed by atoms with van der Waals surface area (Å²) in [7, 11) is -0.250. The fraction of sp³-hybridized carbons (Fsp3) is 0.239. The van der Waals surface area contributed by atoms with Crippen molar-refractivity contribution >= 4 is 156 Å². The molecule has 7 aliphatic rings. The van der Waals surface area contributed by atoms with Crippen molar-refractivity contribution in [3.63, 3.8) is 0 Å². The number of halogens is 7. The number of rotatable bonds is 15. The monoisotopic (exact) mass is 1870 g/mol. The molecule has 0 bridgehead atoms. The van der Waals surface area contributed by atoms with E-state index in [4.69, 9.17) is 28.9 Å². The third-order valence-corrected chi connectivity index (χ3v) is 22.8. The van der Waals surface area contributed by atoms with Gasteiger partial charge in [-0.25, -0.2) is 18.4 Å². The summed E-state index contributed by atoms with van der Waals surface area (Å²) in [5.41, 5.74) is 17.5. The molecule has 3 fully saturated rings. The molecule has 3 saturated heterocycles. The minimum Gasteiger partial charge on any atom is -0.478 e. The number of pyridine rings is 3. The van der Waals surface area contributed by atoms with Crippen molar-refractivity contribution < 1.29 is 82.5 Å². The number of hydrogen-bond acceptors (Lipinski definition) is 17. The van der Waals surface area contributed by atoms with Crippen LogP contribution in [-0.4, -0.2) is 149 Å². The van der Waals surface area contributed by atoms with E-state index in [1.165, 1.54) is 64.1 Å². The fourth-order valence-electron chi connectivity index (χ4n) is 13.6. The number of ketones is 1. The molecule has 0 spiro atoms. The van der Waals surface area contributed by atoms with Crippen LogP contribution in [0.15, 0.2) is 212 Å². The Morgan fingerprint density at radius 1 is 0.512 bits per heavy atom. The fourth-order valence-corrected chi connectivity index (χ4v) is 15.1. The molecule has 10 heterocycles. The number of aromatic carboxylic acids is 2. The standard InChI is InChI=1S/C28H22F2N4O2.C20H14N2O2.C10H6BrNO2.C10H9N.C8H15BO2.C8H6BrN.C8H11F2IN3O/c29-28(30)13-22(14-31)34(17-28)27(36)8-7-26(35)23-9-10-33-25-6-4-19(12-24(23)25)2-1-18-3-5-20-15-32-16-21(20)11-18;23-20(24)17-7-8-22-19-6-4-14(10-18(17)19)2-1-13-3-5-15-11-21-12-16(15)9-13;11-6-1-2-9-8(5-6)7(10(13)14)3-4-12-9;1-2-8-3-4-9-6-11-7-10(9)5-8;1-6-9-10-7(2,3)8(4,5)11-9;9-8-2-1-6-4-10-5-7(6)3-8;9-8(10)3-6(4-12)14(5-8)7(15)1-2-11-13/h1-6,9-12,16,22H,7-8,13,15,17H2;1-10,12H,11H2,(H,23,24);1-5H,(H,13,14);2-5,7H,1,6H2;6H,1H2,2-5H3;1-3,5H,4H2;6H,1-3,5,13H2/q;;;;;;-1/b2*2-1+;;;;;/t22-;;;;;;6-/m0.....0/s1. The van der Waals surface area contributed by atoms with Gasteiger partial charge in [0.05, 0.1) is 77.7 Å². The van der Waals surface area contributed by atoms with Gasteiger partial charge in [0.1, 0.15) is 6.04 Å². The first kappa shape index (κ1) is 90.1. The Labute approximate surface area is 725 Å². The number of Topliss-reactive ketones (excluding diaryl/α,β-unsaturated/α-hetero) is 1. The zero-order valence-electron chi connectivity index (χ0n) is 66.4. The molecule has 0 saturated carbocycles. The number of aromatic nitrogens is 3. The molecular formula is C92H83BBr2F4IN12O9-. The molecule has 17 rings (SSSR count). The molecule has 0 unspecified atom stereocenters. The molecule has 2 atom stereocenters. The van der Waals surface area contributed by atoms with E-state index in [1.54, 1.807) is 36.3 Å². The molecule has 0 radical (unpaired) electrons. The third kappa shape index (κ3) is 23.7. The van der Waals surface area contributed by atoms with Gasteiger partial charge >= 0.3 is 116 Å². The Morgan fingerprint density at radius 3 is 1.28 bits per heavy atom. The number of carboxylic acids is 2. The Balaban J connectivity index is 0.000000146. The van der Waals surface area contributed by atoms with Crippen LogP contribution in [0.3, 0.4) is 0 Å². The van der Waals surface area contributed by atoms with Crippen LogP contribution in [0.2, 0.25) is 0 Å². The molecule has 7 aromatic carbocycles. The van der Waals surface area contributed by atoms with Crippen molar-refractivity contribution in [2.24, 2.45) is 23.9 Å². The number of carboxylic acid groups (broad SMARTS) is 2. The number of carbonyl (C=O) groups excluding carboxylic acids is 3. The molecule has 121 heavy (non-hydrogen) atoms. The molecular weight excluding hydrogens is 1790 g/mol. The number of benzene rings is 7. The van der Waals surface area contributed by atoms with Crippen molar-refractivity contribution in [1.82, 2.24) is 24.8 Å². The third-order valence-electron chi connectivity index (χ3n) is 20.7. The van der Waals surface area contributed by atoms with E-state index in [0.29, 0.717) is 49.2 Å². The van der Waals surface area contributed by atoms with Gasteiger partial charge in [0, 0.05) is 93.4 Å². The van der Waals surface area contributed by atoms with Crippen LogP contribution >= 0.6 is 31.9 Å². The minimum absolute atomic E-state index is 0.144. The van der Waals surface area contributed by atoms with Gasteiger partial charge in [-0.05, 0) is 191 Å². The quantitative estimate of drug-likeness (QED) is 0.0163. The minimum atomic E-state index is -3.08. The van der Waals surface area contributed by atoms with E-state index in [1.807, 2.05) is 138 Å². The summed E-state index contributed by atoms with van der Waals surface area (Å²) in [6.07, 6.45) is 20.5. The average molecular weight is 1870 g/mol. The van der Waals surface area contributed by atoms with E-state index >= 15 is 0 Å². The largest absolute Gasteiger partial charge is 0.478 e. The van der Waals surface area contributed by atoms with Gasteiger partial charge in [0.2, 0.25) is 5.91 Å². The van der Waals surface area contributed by atoms with Crippen molar-refractivity contribution in [1.29, 1.82) is 10.5 Å². The van der Waals surface area contributed by atoms with Crippen LogP contribution in [0.5, 0.6) is 0 Å². The number of nitrogens with two attached hydrogens (primary N) is 1. The predicted molar refractivity (Wildman–Crippen MR) is 468 cm³/mol. The maximum Gasteiger partial charge on any atom is 0.336 e. The molecule has 21 nitrogen and oxygen atoms in total. The van der Waals surface area contributed by atoms with Crippen LogP contribution in [0.25, 0.3) is 63.1 Å². The molecule has 7 aliphatic heterocycles. The number of amides is 2. The van der Waals surface area contributed by atoms with Gasteiger partial charge < -0.3 is 24.4 Å². The van der Waals surface area contributed by atoms with Gasteiger partial charge in [0.15, 0.2) is 5.78 Å². The number of nitrogens with zero attached hydrogens (tertiary/aromatic N) is 11. The van der Waals surface area contributed by atoms with Gasteiger partial charge in [0.25, 0.3) is 5.92 Å². The van der Waals surface area contributed by atoms with E-state index in [0.717, 1.165) is 77.3 Å². The molecule has 4 N–H and O–H groups in total. The zero-order valence-corrected chi connectivity index (χ0v) is 71.7. The van der Waals surface area contributed by atoms with Crippen molar-refractivity contribution in [3.8, 4) is 12.1 Å². The summed E-state index contributed by atoms with van der Waals surface area (Å²) < 4.78 is 72.2. The summed E-state index contributed by atoms with van der Waals surface area (Å²) in [4.78, 5) is 90.6. The average Bonchev–Trinajstić information content (AvgIpc) is 1.73. The van der Waals surface area contributed by atoms with Crippen molar-refractivity contribution in [2.75, 3.05) is 17.5 Å². The second-order valence-corrected chi connectivity index (χ2v) is 33.5. The summed E-state index contributed by atoms with van der Waals surface area (Å²) in [5.74, 6) is -7.49. The van der Waals surface area contributed by atoms with Gasteiger partial charge in [-0.1, -0.05) is 129 Å². The summed E-state index contributed by atoms with van der Waals surface area (Å²) >= 11 is 6.20. The maximum absolute atomic E-state index is 13.7. The van der Waals surface area contributed by atoms with Crippen molar-refractivity contribution in [2.45, 2.75) is 121 Å². The Bertz CT molecular complexity index is 5910. The molecule has 2 amide bonds. The van der Waals surface area contributed by atoms with Gasteiger partial charge in [-0.3, -0.25) is 44.5 Å². The van der Waals surface area contributed by atoms with Crippen LogP contribution < -0.4 is 25.4 Å². The number of aliphatic imine (C=N–C) groups is 4. The van der Waals surface area contributed by atoms with Crippen LogP contribution in [0.4, 0.5) is 17.6 Å². The number of likely N-dealkylation sites (tertiary alicyclic amines) is 2. The number of nitriles is 2. The smallest absolute Gasteiger partial charge is 0.336 e. The van der Waals surface area contributed by atoms with Crippen LogP contribution in [0, 0.1) is 22.7 Å². The van der Waals surface area contributed by atoms with E-state index in [9.17, 15) is 46.6 Å². The Kier molecular flexibility index (Phi) is 30.2. The molecule has 0 aliphatic carbocycles. The molecule has 3 aromatic heterocycles. The first-order chi connectivity index (χ1) is 57.9. The van der Waals surface area contributed by atoms with E-state index < -0.39 is 89.2 Å². The summed E-state index contributed by atoms with van der Waals surface area (Å²) in [5, 5.41) is 38.0. The Hall–Kier alpha value is -11.7. The first-order valence-electron chi connectivity index (χ1n) is 38.2. The number of hydrogen-bond donors (Lipinski definition) is 3. The topological polar surface area (TPSA) is 312 Å². The molecule has 29 heteroatoms. The van der Waals surface area contributed by atoms with Crippen LogP contribution in [-0.2, 0) is 45.1 Å². The van der Waals surface area contributed by atoms with Crippen molar-refractivity contribution in [3.05, 3.63) is 281 Å². The van der Waals surface area contributed by atoms with E-state index in [2.05, 4.69) is 141 Å². The molecule has 618 valence electrons. The number of fused-ring (bicyclic) bond motifs is 7. The van der Waals surface area contributed by atoms with E-state index in [-0.39, 0.29) is 60.4 Å². The maximum atomic E-state index is 13.7. The number of carbonyl (C=O) groups is 5. The normalized spacial score (nSPS) is 16.9. The SMILES string of the molecule is Brc1ccc2c(c1)C=NC2.C=CB1OC(C)(C)C(C)(C)O1.C=Cc1ccc2c(c1)C=NC2.N#C[C@@H]1CC(F)(F)CN1C(=O)CCC(=O)c1ccnc2ccc(/C=C/c3ccc4c(c3)C=NC4)cc12.N#C[C@@H]1CC(F)(F)CN1C(=O)CC[I-]N.O=C(O)c1ccnc2ccc(/C=C/c3ccc4c(c3)C=NC4)cc12.O=C(O)c1ccnc2ccc(Br)cc12. The number of alkyl halides is 5. The predicted octanol–water partition coefficient (Wildman–Crippen LogP) is 15.3. The first-order valence-corrected chi connectivity index (χ1v) is 42.6. The second-order valence-electron chi connectivity index (χ2n) is 29.7. The zero-order chi connectivity index (χ0) is 86.8. The van der Waals surface area contributed by atoms with Gasteiger partial charge in [-0.15, -0.1) is 6.58 Å².